The van der Waals surface area contributed by atoms with E-state index in [1.54, 1.807) is 66.7 Å². The number of rotatable bonds is 12. The molecule has 2 aromatic rings. The van der Waals surface area contributed by atoms with Crippen LogP contribution in [0.2, 0.25) is 0 Å². The first-order chi connectivity index (χ1) is 26.4. The number of carbonyl (C=O) groups is 3. The highest BCUT2D eigenvalue weighted by Gasteiger charge is 2.59. The van der Waals surface area contributed by atoms with Crippen LogP contribution < -0.4 is 23.7 Å². The van der Waals surface area contributed by atoms with Gasteiger partial charge in [0.05, 0.1) is 26.4 Å². The molecule has 2 unspecified atom stereocenters. The molecule has 0 radical (unpaired) electrons. The highest BCUT2D eigenvalue weighted by Crippen LogP contribution is 2.57. The molecule has 5 rings (SSSR count). The average molecular weight is 783 g/mol. The number of aliphatic hydroxyl groups excluding tert-OH is 1. The first kappa shape index (κ1) is 42.2. The molecule has 1 fully saturated rings. The zero-order valence-corrected chi connectivity index (χ0v) is 33.9. The van der Waals surface area contributed by atoms with E-state index in [0.29, 0.717) is 45.1 Å². The van der Waals surface area contributed by atoms with Crippen molar-refractivity contribution >= 4 is 18.2 Å². The highest BCUT2D eigenvalue weighted by atomic mass is 16.7. The van der Waals surface area contributed by atoms with Crippen LogP contribution in [0.1, 0.15) is 81.5 Å². The van der Waals surface area contributed by atoms with E-state index in [2.05, 4.69) is 13.2 Å². The summed E-state index contributed by atoms with van der Waals surface area (Å²) in [5.41, 5.74) is 0.881. The minimum Gasteiger partial charge on any atom is -0.493 e. The molecule has 3 aliphatic rings. The van der Waals surface area contributed by atoms with Crippen LogP contribution in [-0.4, -0.2) is 103 Å². The van der Waals surface area contributed by atoms with Crippen LogP contribution in [0, 0.1) is 13.8 Å². The van der Waals surface area contributed by atoms with Crippen molar-refractivity contribution in [1.29, 1.82) is 0 Å². The van der Waals surface area contributed by atoms with Gasteiger partial charge in [-0.25, -0.2) is 9.59 Å². The first-order valence-corrected chi connectivity index (χ1v) is 18.4. The van der Waals surface area contributed by atoms with E-state index in [4.69, 9.17) is 42.6 Å². The number of nitrogens with zero attached hydrogens (tertiary/aromatic N) is 2. The number of carbonyl (C=O) groups excluding carboxylic acids is 3. The van der Waals surface area contributed by atoms with E-state index in [-0.39, 0.29) is 44.5 Å². The zero-order chi connectivity index (χ0) is 41.3. The Labute approximate surface area is 327 Å². The fraction of sp³-hybridized carbons (Fsp3) is 0.537. The van der Waals surface area contributed by atoms with E-state index in [1.165, 1.54) is 25.2 Å². The van der Waals surface area contributed by atoms with Gasteiger partial charge in [0, 0.05) is 30.2 Å². The normalized spacial score (nSPS) is 21.5. The summed E-state index contributed by atoms with van der Waals surface area (Å²) in [6.45, 7) is 21.5. The van der Waals surface area contributed by atoms with E-state index < -0.39 is 59.8 Å². The quantitative estimate of drug-likeness (QED) is 0.112. The van der Waals surface area contributed by atoms with Crippen LogP contribution in [-0.2, 0) is 30.2 Å². The molecule has 0 aromatic heterocycles. The lowest BCUT2D eigenvalue weighted by Gasteiger charge is -2.55. The largest absolute Gasteiger partial charge is 0.514 e. The Hall–Kier alpha value is -4.99. The van der Waals surface area contributed by atoms with Crippen LogP contribution in [0.4, 0.5) is 9.59 Å². The standard InChI is InChI=1S/C41H54N2O13/c1-13-15-50-20-26-28-29(32(51-16-14-2)23(4)33-35(28)53-21-52-33)34(49-12)30-37(45)43(38(46)55-40(5,6)7)25(36(44)42(26)30)18-24-17-22(3)31(48-11)27(19-24)54-39(47)56-41(8,9)10/h13-14,17,19,25-26,30,34,37,45H,1-2,15-16,18,20-21H2,3-12H3/t25-,26-,30-,34?,37?/m0/s1. The predicted molar refractivity (Wildman–Crippen MR) is 203 cm³/mol. The Balaban J connectivity index is 1.71. The second-order valence-electron chi connectivity index (χ2n) is 15.7. The maximum absolute atomic E-state index is 15.3. The fourth-order valence-corrected chi connectivity index (χ4v) is 7.42. The van der Waals surface area contributed by atoms with Gasteiger partial charge in [0.2, 0.25) is 12.7 Å². The van der Waals surface area contributed by atoms with Crippen molar-refractivity contribution in [2.45, 2.75) is 103 Å². The summed E-state index contributed by atoms with van der Waals surface area (Å²) in [5, 5.41) is 12.5. The second kappa shape index (κ2) is 16.6. The second-order valence-corrected chi connectivity index (χ2v) is 15.7. The van der Waals surface area contributed by atoms with Gasteiger partial charge in [0.25, 0.3) is 0 Å². The topological polar surface area (TPSA) is 161 Å². The molecule has 0 spiro atoms. The van der Waals surface area contributed by atoms with Crippen molar-refractivity contribution in [1.82, 2.24) is 9.80 Å². The molecule has 0 aliphatic carbocycles. The van der Waals surface area contributed by atoms with Gasteiger partial charge in [0.15, 0.2) is 29.2 Å². The zero-order valence-electron chi connectivity index (χ0n) is 33.9. The number of benzene rings is 2. The van der Waals surface area contributed by atoms with Crippen LogP contribution in [0.15, 0.2) is 37.4 Å². The van der Waals surface area contributed by atoms with Crippen LogP contribution in [0.3, 0.4) is 0 Å². The van der Waals surface area contributed by atoms with Gasteiger partial charge in [0.1, 0.15) is 41.7 Å². The summed E-state index contributed by atoms with van der Waals surface area (Å²) >= 11 is 0. The van der Waals surface area contributed by atoms with Gasteiger partial charge >= 0.3 is 12.2 Å². The summed E-state index contributed by atoms with van der Waals surface area (Å²) < 4.78 is 52.9. The Morgan fingerprint density at radius 1 is 0.929 bits per heavy atom. The third kappa shape index (κ3) is 8.39. The summed E-state index contributed by atoms with van der Waals surface area (Å²) in [6, 6.07) is -0.134. The molecule has 15 nitrogen and oxygen atoms in total. The molecule has 0 bridgehead atoms. The van der Waals surface area contributed by atoms with Gasteiger partial charge in [-0.1, -0.05) is 24.8 Å². The van der Waals surface area contributed by atoms with E-state index in [0.717, 1.165) is 4.90 Å². The molecule has 1 saturated heterocycles. The number of amides is 2. The van der Waals surface area contributed by atoms with Crippen LogP contribution in [0.5, 0.6) is 28.7 Å². The van der Waals surface area contributed by atoms with Crippen molar-refractivity contribution < 1.29 is 62.1 Å². The van der Waals surface area contributed by atoms with E-state index in [9.17, 15) is 14.7 Å². The Morgan fingerprint density at radius 2 is 1.59 bits per heavy atom. The Bertz CT molecular complexity index is 1850. The highest BCUT2D eigenvalue weighted by molar-refractivity contribution is 5.89. The molecule has 5 atom stereocenters. The molecular formula is C41H54N2O13. The smallest absolute Gasteiger partial charge is 0.493 e. The third-order valence-electron chi connectivity index (χ3n) is 9.36. The molecule has 15 heteroatoms. The van der Waals surface area contributed by atoms with Gasteiger partial charge in [-0.05, 0) is 72.6 Å². The van der Waals surface area contributed by atoms with Gasteiger partial charge < -0.3 is 52.6 Å². The molecule has 3 heterocycles. The summed E-state index contributed by atoms with van der Waals surface area (Å²) in [7, 11) is 2.89. The first-order valence-electron chi connectivity index (χ1n) is 18.4. The number of fused-ring (bicyclic) bond motifs is 4. The molecule has 2 aromatic carbocycles. The minimum atomic E-state index is -1.68. The number of methoxy groups -OCH3 is 2. The number of hydrogen-bond donors (Lipinski definition) is 1. The monoisotopic (exact) mass is 782 g/mol. The minimum absolute atomic E-state index is 0.0411. The molecule has 1 N–H and O–H groups in total. The fourth-order valence-electron chi connectivity index (χ4n) is 7.42. The van der Waals surface area contributed by atoms with Crippen molar-refractivity contribution in [2.75, 3.05) is 40.8 Å². The molecular weight excluding hydrogens is 728 g/mol. The van der Waals surface area contributed by atoms with Gasteiger partial charge in [-0.2, -0.15) is 0 Å². The lowest BCUT2D eigenvalue weighted by molar-refractivity contribution is -0.193. The molecule has 2 amide bonds. The Morgan fingerprint density at radius 3 is 2.20 bits per heavy atom. The summed E-state index contributed by atoms with van der Waals surface area (Å²) in [5.74, 6) is 0.998. The lowest BCUT2D eigenvalue weighted by Crippen LogP contribution is -2.72. The maximum Gasteiger partial charge on any atom is 0.514 e. The van der Waals surface area contributed by atoms with Gasteiger partial charge in [-0.15, -0.1) is 6.58 Å². The molecule has 56 heavy (non-hydrogen) atoms. The number of ether oxygens (including phenoxy) is 9. The molecule has 0 saturated carbocycles. The average Bonchev–Trinajstić information content (AvgIpc) is 3.59. The number of hydrogen-bond acceptors (Lipinski definition) is 13. The SMILES string of the molecule is C=CCOC[C@H]1c2c3c(c(C)c(OCC=C)c2C(OC)[C@H]2C(O)N(C(=O)OC(C)(C)C)[C@@H](Cc4cc(C)c(OC)c(OC(=O)OC(C)(C)C)c4)C(=O)N21)OCO3. The van der Waals surface area contributed by atoms with Crippen molar-refractivity contribution in [3.8, 4) is 28.7 Å². The number of aryl methyl sites for hydroxylation is 1. The van der Waals surface area contributed by atoms with Crippen molar-refractivity contribution in [2.24, 2.45) is 0 Å². The summed E-state index contributed by atoms with van der Waals surface area (Å²) in [4.78, 5) is 44.9. The van der Waals surface area contributed by atoms with Crippen molar-refractivity contribution in [3.05, 3.63) is 65.3 Å². The van der Waals surface area contributed by atoms with E-state index in [1.807, 2.05) is 6.92 Å². The van der Waals surface area contributed by atoms with E-state index >= 15 is 4.79 Å². The van der Waals surface area contributed by atoms with Crippen LogP contribution in [0.25, 0.3) is 0 Å². The number of aliphatic hydroxyl groups is 1. The van der Waals surface area contributed by atoms with Crippen molar-refractivity contribution in [3.63, 3.8) is 0 Å². The molecule has 306 valence electrons. The Kier molecular flexibility index (Phi) is 12.5. The predicted octanol–water partition coefficient (Wildman–Crippen LogP) is 6.24. The third-order valence-corrected chi connectivity index (χ3v) is 9.36. The number of piperazine rings is 1. The summed E-state index contributed by atoms with van der Waals surface area (Å²) in [6.07, 6.45) is -1.57. The maximum atomic E-state index is 15.3. The lowest BCUT2D eigenvalue weighted by atomic mass is 9.79. The van der Waals surface area contributed by atoms with Gasteiger partial charge in [-0.3, -0.25) is 9.69 Å². The molecule has 3 aliphatic heterocycles. The van der Waals surface area contributed by atoms with Crippen LogP contribution >= 0.6 is 0 Å².